The normalized spacial score (nSPS) is 21.4. The summed E-state index contributed by atoms with van der Waals surface area (Å²) in [7, 11) is 1.99. The van der Waals surface area contributed by atoms with Crippen molar-refractivity contribution in [2.24, 2.45) is 12.5 Å². The Kier molecular flexibility index (Phi) is 4.47. The Bertz CT molecular complexity index is 906. The maximum atomic E-state index is 12.9. The zero-order valence-corrected chi connectivity index (χ0v) is 16.0. The highest BCUT2D eigenvalue weighted by Gasteiger charge is 2.47. The van der Waals surface area contributed by atoms with E-state index in [1.807, 2.05) is 41.8 Å². The maximum absolute atomic E-state index is 12.9. The van der Waals surface area contributed by atoms with Crippen LogP contribution < -0.4 is 0 Å². The van der Waals surface area contributed by atoms with Gasteiger partial charge in [0.1, 0.15) is 11.2 Å². The molecule has 1 aliphatic carbocycles. The van der Waals surface area contributed by atoms with Crippen molar-refractivity contribution in [3.05, 3.63) is 35.9 Å². The summed E-state index contributed by atoms with van der Waals surface area (Å²) in [4.78, 5) is 24.1. The molecule has 0 aromatic carbocycles. The van der Waals surface area contributed by atoms with Crippen molar-refractivity contribution < 1.29 is 4.79 Å². The van der Waals surface area contributed by atoms with Gasteiger partial charge in [-0.3, -0.25) is 9.78 Å². The third kappa shape index (κ3) is 3.01. The number of pyridine rings is 1. The van der Waals surface area contributed by atoms with Gasteiger partial charge in [0.15, 0.2) is 0 Å². The fourth-order valence-electron chi connectivity index (χ4n) is 4.17. The minimum absolute atomic E-state index is 0.0272. The molecule has 1 unspecified atom stereocenters. The Morgan fingerprint density at radius 1 is 1.33 bits per heavy atom. The third-order valence-corrected chi connectivity index (χ3v) is 6.21. The molecule has 6 nitrogen and oxygen atoms in total. The van der Waals surface area contributed by atoms with Gasteiger partial charge in [0.2, 0.25) is 5.91 Å². The van der Waals surface area contributed by atoms with Crippen molar-refractivity contribution in [1.29, 1.82) is 5.26 Å². The second-order valence-corrected chi connectivity index (χ2v) is 7.84. The summed E-state index contributed by atoms with van der Waals surface area (Å²) in [5.41, 5.74) is 2.16. The van der Waals surface area contributed by atoms with E-state index in [1.54, 1.807) is 0 Å². The maximum Gasteiger partial charge on any atom is 0.243 e. The van der Waals surface area contributed by atoms with Crippen molar-refractivity contribution in [1.82, 2.24) is 19.4 Å². The van der Waals surface area contributed by atoms with Gasteiger partial charge in [-0.2, -0.15) is 5.26 Å². The van der Waals surface area contributed by atoms with Crippen LogP contribution in [0.5, 0.6) is 0 Å². The highest BCUT2D eigenvalue weighted by Crippen LogP contribution is 2.43. The summed E-state index contributed by atoms with van der Waals surface area (Å²) in [6, 6.07) is 8.38. The van der Waals surface area contributed by atoms with Crippen LogP contribution in [0.15, 0.2) is 24.4 Å². The largest absolute Gasteiger partial charge is 0.341 e. The van der Waals surface area contributed by atoms with E-state index in [4.69, 9.17) is 4.98 Å². The molecule has 27 heavy (non-hydrogen) atoms. The summed E-state index contributed by atoms with van der Waals surface area (Å²) in [5.74, 6) is 1.20. The quantitative estimate of drug-likeness (QED) is 0.839. The van der Waals surface area contributed by atoms with Gasteiger partial charge < -0.3 is 9.47 Å². The van der Waals surface area contributed by atoms with Gasteiger partial charge in [-0.15, -0.1) is 0 Å². The third-order valence-electron chi connectivity index (χ3n) is 6.21. The summed E-state index contributed by atoms with van der Waals surface area (Å²) in [6.45, 7) is 3.38. The second kappa shape index (κ2) is 6.80. The van der Waals surface area contributed by atoms with E-state index in [2.05, 4.69) is 17.1 Å². The minimum Gasteiger partial charge on any atom is -0.341 e. The van der Waals surface area contributed by atoms with Gasteiger partial charge in [0, 0.05) is 31.7 Å². The molecule has 0 bridgehead atoms. The first-order valence-corrected chi connectivity index (χ1v) is 9.70. The number of aromatic nitrogens is 3. The summed E-state index contributed by atoms with van der Waals surface area (Å²) < 4.78 is 2.04. The second-order valence-electron chi connectivity index (χ2n) is 7.84. The molecular weight excluding hydrogens is 338 g/mol. The van der Waals surface area contributed by atoms with Crippen molar-refractivity contribution >= 4 is 5.91 Å². The lowest BCUT2D eigenvalue weighted by molar-refractivity contribution is -0.144. The predicted molar refractivity (Wildman–Crippen MR) is 102 cm³/mol. The van der Waals surface area contributed by atoms with Crippen molar-refractivity contribution in [2.45, 2.75) is 44.9 Å². The Balaban J connectivity index is 1.55. The van der Waals surface area contributed by atoms with Crippen LogP contribution >= 0.6 is 0 Å². The van der Waals surface area contributed by atoms with E-state index < -0.39 is 5.41 Å². The van der Waals surface area contributed by atoms with E-state index in [0.29, 0.717) is 19.4 Å². The highest BCUT2D eigenvalue weighted by atomic mass is 16.2. The average molecular weight is 363 g/mol. The molecule has 2 aromatic rings. The van der Waals surface area contributed by atoms with Crippen LogP contribution in [-0.2, 0) is 11.8 Å². The molecule has 1 saturated carbocycles. The molecule has 0 radical (unpaired) electrons. The number of likely N-dealkylation sites (tertiary alicyclic amines) is 1. The number of carbonyl (C=O) groups excluding carboxylic acids is 1. The number of hydrogen-bond acceptors (Lipinski definition) is 4. The van der Waals surface area contributed by atoms with Gasteiger partial charge in [0.05, 0.1) is 23.7 Å². The van der Waals surface area contributed by atoms with Gasteiger partial charge in [-0.1, -0.05) is 6.07 Å². The van der Waals surface area contributed by atoms with Crippen molar-refractivity contribution in [2.75, 3.05) is 13.1 Å². The Morgan fingerprint density at radius 3 is 2.78 bits per heavy atom. The van der Waals surface area contributed by atoms with Gasteiger partial charge in [-0.05, 0) is 51.2 Å². The van der Waals surface area contributed by atoms with E-state index in [9.17, 15) is 10.1 Å². The molecule has 0 spiro atoms. The zero-order chi connectivity index (χ0) is 19.0. The summed E-state index contributed by atoms with van der Waals surface area (Å²) >= 11 is 0. The number of carbonyl (C=O) groups is 1. The molecule has 2 aliphatic rings. The van der Waals surface area contributed by atoms with Crippen LogP contribution in [0.3, 0.4) is 0 Å². The van der Waals surface area contributed by atoms with E-state index in [0.717, 1.165) is 48.7 Å². The Morgan fingerprint density at radius 2 is 2.15 bits per heavy atom. The molecule has 1 saturated heterocycles. The SMILES string of the molecule is Cc1ncc(-c2cccc(C3CCCN(C(=O)C4(C#N)CCC4)C3)n2)n1C. The van der Waals surface area contributed by atoms with Crippen LogP contribution in [0, 0.1) is 23.7 Å². The summed E-state index contributed by atoms with van der Waals surface area (Å²) in [5, 5.41) is 9.49. The first kappa shape index (κ1) is 17.7. The zero-order valence-electron chi connectivity index (χ0n) is 16.0. The van der Waals surface area contributed by atoms with Gasteiger partial charge in [-0.25, -0.2) is 4.98 Å². The average Bonchev–Trinajstić information content (AvgIpc) is 3.00. The number of imidazole rings is 1. The standard InChI is InChI=1S/C21H25N5O/c1-15-23-12-19(25(15)2)18-8-3-7-17(24-18)16-6-4-11-26(13-16)20(27)21(14-22)9-5-10-21/h3,7-8,12,16H,4-6,9-11,13H2,1-2H3. The fraction of sp³-hybridized carbons (Fsp3) is 0.524. The Labute approximate surface area is 159 Å². The lowest BCUT2D eigenvalue weighted by Crippen LogP contribution is -2.50. The number of rotatable bonds is 3. The number of nitriles is 1. The van der Waals surface area contributed by atoms with Crippen LogP contribution in [0.25, 0.3) is 11.4 Å². The molecule has 2 fully saturated rings. The molecule has 4 rings (SSSR count). The number of amides is 1. The van der Waals surface area contributed by atoms with E-state index in [1.165, 1.54) is 0 Å². The molecule has 2 aromatic heterocycles. The molecule has 6 heteroatoms. The summed E-state index contributed by atoms with van der Waals surface area (Å²) in [6.07, 6.45) is 6.21. The highest BCUT2D eigenvalue weighted by molar-refractivity contribution is 5.86. The van der Waals surface area contributed by atoms with Gasteiger partial charge in [0.25, 0.3) is 0 Å². The minimum atomic E-state index is -0.761. The Hall–Kier alpha value is -2.68. The molecular formula is C21H25N5O. The van der Waals surface area contributed by atoms with E-state index >= 15 is 0 Å². The number of piperidine rings is 1. The van der Waals surface area contributed by atoms with Gasteiger partial charge >= 0.3 is 0 Å². The molecule has 0 N–H and O–H groups in total. The van der Waals surface area contributed by atoms with Crippen molar-refractivity contribution in [3.8, 4) is 17.5 Å². The smallest absolute Gasteiger partial charge is 0.243 e. The molecule has 3 heterocycles. The molecule has 140 valence electrons. The monoisotopic (exact) mass is 363 g/mol. The number of nitrogens with zero attached hydrogens (tertiary/aromatic N) is 5. The number of aryl methyl sites for hydroxylation is 1. The topological polar surface area (TPSA) is 74.8 Å². The first-order chi connectivity index (χ1) is 13.0. The van der Waals surface area contributed by atoms with Crippen LogP contribution in [0.1, 0.15) is 49.5 Å². The molecule has 1 atom stereocenters. The molecule has 1 amide bonds. The van der Waals surface area contributed by atoms with Crippen LogP contribution in [-0.4, -0.2) is 38.4 Å². The lowest BCUT2D eigenvalue weighted by atomic mass is 9.68. The fourth-order valence-corrected chi connectivity index (χ4v) is 4.17. The van der Waals surface area contributed by atoms with Crippen molar-refractivity contribution in [3.63, 3.8) is 0 Å². The van der Waals surface area contributed by atoms with Crippen LogP contribution in [0.4, 0.5) is 0 Å². The first-order valence-electron chi connectivity index (χ1n) is 9.70. The predicted octanol–water partition coefficient (Wildman–Crippen LogP) is 3.19. The molecule has 1 aliphatic heterocycles. The van der Waals surface area contributed by atoms with Crippen LogP contribution in [0.2, 0.25) is 0 Å². The lowest BCUT2D eigenvalue weighted by Gasteiger charge is -2.41. The number of hydrogen-bond donors (Lipinski definition) is 0. The van der Waals surface area contributed by atoms with E-state index in [-0.39, 0.29) is 11.8 Å².